The number of hydrogen-bond acceptors (Lipinski definition) is 6. The highest BCUT2D eigenvalue weighted by Gasteiger charge is 2.13. The molecule has 138 valence electrons. The lowest BCUT2D eigenvalue weighted by molar-refractivity contribution is 0.102. The molecule has 0 fully saturated rings. The molecule has 27 heavy (non-hydrogen) atoms. The topological polar surface area (TPSA) is 99.0 Å². The third kappa shape index (κ3) is 3.33. The van der Waals surface area contributed by atoms with Crippen LogP contribution in [0, 0.1) is 13.8 Å². The Kier molecular flexibility index (Phi) is 4.23. The highest BCUT2D eigenvalue weighted by Crippen LogP contribution is 2.19. The largest absolute Gasteiger partial charge is 0.441 e. The van der Waals surface area contributed by atoms with Crippen molar-refractivity contribution in [2.24, 2.45) is 0 Å². The maximum absolute atomic E-state index is 12.5. The standard InChI is InChI=1S/C19H19N5O3/c1-4-18-22-16-7-13(5-6-17(16)26-18)19(25)21-14-8-20-24(9-14)10-15-11(2)23-27-12(15)3/h5-9H,4,10H2,1-3H3,(H,21,25). The molecular weight excluding hydrogens is 346 g/mol. The lowest BCUT2D eigenvalue weighted by Gasteiger charge is -2.02. The van der Waals surface area contributed by atoms with Gasteiger partial charge >= 0.3 is 0 Å². The molecule has 1 amide bonds. The van der Waals surface area contributed by atoms with Crippen LogP contribution in [-0.4, -0.2) is 25.8 Å². The number of carbonyl (C=O) groups excluding carboxylic acids is 1. The van der Waals surface area contributed by atoms with Gasteiger partial charge in [-0.1, -0.05) is 12.1 Å². The first-order chi connectivity index (χ1) is 13.0. The first-order valence-electron chi connectivity index (χ1n) is 8.68. The number of nitrogens with zero attached hydrogens (tertiary/aromatic N) is 4. The Balaban J connectivity index is 1.49. The SMILES string of the molecule is CCc1nc2cc(C(=O)Nc3cnn(Cc4c(C)noc4C)c3)ccc2o1. The summed E-state index contributed by atoms with van der Waals surface area (Å²) < 4.78 is 12.5. The van der Waals surface area contributed by atoms with Crippen molar-refractivity contribution in [1.82, 2.24) is 19.9 Å². The maximum Gasteiger partial charge on any atom is 0.255 e. The van der Waals surface area contributed by atoms with Gasteiger partial charge in [-0.2, -0.15) is 5.10 Å². The van der Waals surface area contributed by atoms with Gasteiger partial charge in [-0.05, 0) is 32.0 Å². The third-order valence-electron chi connectivity index (χ3n) is 4.39. The number of hydrogen-bond donors (Lipinski definition) is 1. The van der Waals surface area contributed by atoms with E-state index in [-0.39, 0.29) is 5.91 Å². The van der Waals surface area contributed by atoms with Gasteiger partial charge in [0.25, 0.3) is 5.91 Å². The van der Waals surface area contributed by atoms with Crippen LogP contribution in [-0.2, 0) is 13.0 Å². The molecule has 0 unspecified atom stereocenters. The lowest BCUT2D eigenvalue weighted by Crippen LogP contribution is -2.11. The first-order valence-corrected chi connectivity index (χ1v) is 8.68. The molecule has 4 aromatic rings. The first kappa shape index (κ1) is 17.0. The van der Waals surface area contributed by atoms with Gasteiger partial charge < -0.3 is 14.3 Å². The summed E-state index contributed by atoms with van der Waals surface area (Å²) in [5.74, 6) is 1.19. The van der Waals surface area contributed by atoms with Crippen molar-refractivity contribution in [3.63, 3.8) is 0 Å². The summed E-state index contributed by atoms with van der Waals surface area (Å²) >= 11 is 0. The molecule has 0 aliphatic heterocycles. The Labute approximate surface area is 155 Å². The Hall–Kier alpha value is -3.42. The number of amides is 1. The molecule has 0 aliphatic rings. The Morgan fingerprint density at radius 3 is 2.89 bits per heavy atom. The quantitative estimate of drug-likeness (QED) is 0.581. The van der Waals surface area contributed by atoms with Crippen molar-refractivity contribution >= 4 is 22.7 Å². The summed E-state index contributed by atoms with van der Waals surface area (Å²) in [4.78, 5) is 16.9. The number of aromatic nitrogens is 4. The number of anilines is 1. The summed E-state index contributed by atoms with van der Waals surface area (Å²) in [6, 6.07) is 5.20. The number of benzene rings is 1. The highest BCUT2D eigenvalue weighted by atomic mass is 16.5. The monoisotopic (exact) mass is 365 g/mol. The van der Waals surface area contributed by atoms with E-state index in [1.54, 1.807) is 35.3 Å². The molecule has 8 heteroatoms. The maximum atomic E-state index is 12.5. The average Bonchev–Trinajstić information content (AvgIpc) is 3.36. The molecule has 3 heterocycles. The molecule has 0 spiro atoms. The van der Waals surface area contributed by atoms with Gasteiger partial charge in [0, 0.05) is 23.7 Å². The zero-order valence-corrected chi connectivity index (χ0v) is 15.3. The van der Waals surface area contributed by atoms with E-state index in [1.165, 1.54) is 0 Å². The van der Waals surface area contributed by atoms with E-state index in [1.807, 2.05) is 20.8 Å². The van der Waals surface area contributed by atoms with Gasteiger partial charge in [-0.15, -0.1) is 0 Å². The summed E-state index contributed by atoms with van der Waals surface area (Å²) in [5.41, 5.74) is 4.29. The summed E-state index contributed by atoms with van der Waals surface area (Å²) in [7, 11) is 0. The van der Waals surface area contributed by atoms with Gasteiger partial charge in [0.05, 0.1) is 24.1 Å². The summed E-state index contributed by atoms with van der Waals surface area (Å²) in [6.07, 6.45) is 4.09. The Morgan fingerprint density at radius 2 is 2.15 bits per heavy atom. The fourth-order valence-electron chi connectivity index (χ4n) is 2.88. The Morgan fingerprint density at radius 1 is 1.30 bits per heavy atom. The van der Waals surface area contributed by atoms with Gasteiger partial charge in [0.15, 0.2) is 11.5 Å². The van der Waals surface area contributed by atoms with E-state index >= 15 is 0 Å². The van der Waals surface area contributed by atoms with E-state index in [0.29, 0.717) is 41.2 Å². The van der Waals surface area contributed by atoms with E-state index < -0.39 is 0 Å². The molecule has 0 aliphatic carbocycles. The molecule has 0 saturated carbocycles. The Bertz CT molecular complexity index is 1100. The normalized spacial score (nSPS) is 11.2. The van der Waals surface area contributed by atoms with E-state index in [4.69, 9.17) is 8.94 Å². The van der Waals surface area contributed by atoms with Crippen LogP contribution in [0.25, 0.3) is 11.1 Å². The number of nitrogens with one attached hydrogen (secondary N) is 1. The minimum Gasteiger partial charge on any atom is -0.441 e. The van der Waals surface area contributed by atoms with Gasteiger partial charge in [-0.25, -0.2) is 4.98 Å². The zero-order chi connectivity index (χ0) is 19.0. The number of fused-ring (bicyclic) bond motifs is 1. The zero-order valence-electron chi connectivity index (χ0n) is 15.3. The van der Waals surface area contributed by atoms with Crippen LogP contribution in [0.15, 0.2) is 39.5 Å². The van der Waals surface area contributed by atoms with Gasteiger partial charge in [0.2, 0.25) is 0 Å². The van der Waals surface area contributed by atoms with E-state index in [2.05, 4.69) is 20.6 Å². The van der Waals surface area contributed by atoms with Crippen molar-refractivity contribution in [3.05, 3.63) is 59.1 Å². The molecule has 0 atom stereocenters. The molecule has 8 nitrogen and oxygen atoms in total. The van der Waals surface area contributed by atoms with Crippen molar-refractivity contribution < 1.29 is 13.7 Å². The second-order valence-electron chi connectivity index (χ2n) is 6.33. The average molecular weight is 365 g/mol. The third-order valence-corrected chi connectivity index (χ3v) is 4.39. The van der Waals surface area contributed by atoms with Crippen molar-refractivity contribution in [2.75, 3.05) is 5.32 Å². The number of aryl methyl sites for hydroxylation is 3. The number of oxazole rings is 1. The fourth-order valence-corrected chi connectivity index (χ4v) is 2.88. The van der Waals surface area contributed by atoms with Crippen LogP contribution in [0.3, 0.4) is 0 Å². The molecule has 0 bridgehead atoms. The summed E-state index contributed by atoms with van der Waals surface area (Å²) in [5, 5.41) is 11.1. The van der Waals surface area contributed by atoms with Crippen LogP contribution in [0.2, 0.25) is 0 Å². The lowest BCUT2D eigenvalue weighted by atomic mass is 10.2. The van der Waals surface area contributed by atoms with Crippen LogP contribution in [0.5, 0.6) is 0 Å². The molecular formula is C19H19N5O3. The second kappa shape index (κ2) is 6.71. The molecule has 1 aromatic carbocycles. The second-order valence-corrected chi connectivity index (χ2v) is 6.33. The fraction of sp³-hybridized carbons (Fsp3) is 0.263. The molecule has 3 aromatic heterocycles. The van der Waals surface area contributed by atoms with Crippen molar-refractivity contribution in [3.8, 4) is 0 Å². The molecule has 4 rings (SSSR count). The molecule has 1 N–H and O–H groups in total. The predicted molar refractivity (Wildman–Crippen MR) is 98.6 cm³/mol. The van der Waals surface area contributed by atoms with Crippen LogP contribution in [0.4, 0.5) is 5.69 Å². The molecule has 0 saturated heterocycles. The van der Waals surface area contributed by atoms with Crippen LogP contribution < -0.4 is 5.32 Å². The van der Waals surface area contributed by atoms with Gasteiger partial charge in [-0.3, -0.25) is 9.48 Å². The number of rotatable bonds is 5. The minimum absolute atomic E-state index is 0.227. The van der Waals surface area contributed by atoms with E-state index in [0.717, 1.165) is 17.0 Å². The smallest absolute Gasteiger partial charge is 0.255 e. The number of carbonyl (C=O) groups is 1. The van der Waals surface area contributed by atoms with Crippen LogP contribution >= 0.6 is 0 Å². The van der Waals surface area contributed by atoms with Crippen molar-refractivity contribution in [1.29, 1.82) is 0 Å². The van der Waals surface area contributed by atoms with Gasteiger partial charge in [0.1, 0.15) is 11.3 Å². The highest BCUT2D eigenvalue weighted by molar-refractivity contribution is 6.05. The van der Waals surface area contributed by atoms with Crippen molar-refractivity contribution in [2.45, 2.75) is 33.7 Å². The molecule has 0 radical (unpaired) electrons. The summed E-state index contributed by atoms with van der Waals surface area (Å²) in [6.45, 7) is 6.26. The minimum atomic E-state index is -0.227. The predicted octanol–water partition coefficient (Wildman–Crippen LogP) is 3.49. The van der Waals surface area contributed by atoms with Crippen LogP contribution in [0.1, 0.15) is 40.2 Å². The van der Waals surface area contributed by atoms with E-state index in [9.17, 15) is 4.79 Å².